The number of nitrogens with two attached hydrogens (primary N) is 1. The average Bonchev–Trinajstić information content (AvgIpc) is 1.87. The third-order valence-electron chi connectivity index (χ3n) is 0.799. The topological polar surface area (TPSA) is 81.5 Å². The first kappa shape index (κ1) is 9.35. The van der Waals surface area contributed by atoms with Crippen molar-refractivity contribution in [2.24, 2.45) is 10.7 Å². The van der Waals surface area contributed by atoms with E-state index in [0.29, 0.717) is 5.70 Å². The van der Waals surface area contributed by atoms with Crippen LogP contribution in [0.25, 0.3) is 0 Å². The van der Waals surface area contributed by atoms with Crippen molar-refractivity contribution in [3.05, 3.63) is 34.3 Å². The van der Waals surface area contributed by atoms with Crippen molar-refractivity contribution >= 4 is 6.21 Å². The van der Waals surface area contributed by atoms with Gasteiger partial charge in [-0.1, -0.05) is 6.58 Å². The third kappa shape index (κ3) is 3.85. The molecule has 0 saturated carbocycles. The summed E-state index contributed by atoms with van der Waals surface area (Å²) in [5.74, 6) is 0. The molecule has 0 rings (SSSR count). The van der Waals surface area contributed by atoms with Gasteiger partial charge in [-0.2, -0.15) is 0 Å². The molecule has 0 aliphatic rings. The van der Waals surface area contributed by atoms with Crippen molar-refractivity contribution in [2.75, 3.05) is 0 Å². The zero-order chi connectivity index (χ0) is 8.85. The predicted molar refractivity (Wildman–Crippen MR) is 42.6 cm³/mol. The van der Waals surface area contributed by atoms with Crippen LogP contribution in [0.5, 0.6) is 0 Å². The van der Waals surface area contributed by atoms with Crippen molar-refractivity contribution in [3.8, 4) is 0 Å². The van der Waals surface area contributed by atoms with Crippen molar-refractivity contribution in [1.82, 2.24) is 0 Å². The fourth-order valence-electron chi connectivity index (χ4n) is 0.327. The molecule has 0 atom stereocenters. The minimum atomic E-state index is -0.619. The average molecular weight is 155 g/mol. The Kier molecular flexibility index (Phi) is 3.58. The van der Waals surface area contributed by atoms with Crippen LogP contribution in [0.4, 0.5) is 0 Å². The first-order valence-corrected chi connectivity index (χ1v) is 2.83. The van der Waals surface area contributed by atoms with Crippen molar-refractivity contribution in [2.45, 2.75) is 6.92 Å². The molecule has 0 aliphatic carbocycles. The Hall–Kier alpha value is -1.65. The monoisotopic (exact) mass is 155 g/mol. The highest BCUT2D eigenvalue weighted by atomic mass is 16.6. The Morgan fingerprint density at radius 3 is 2.64 bits per heavy atom. The molecular formula is C6H9N3O2. The highest BCUT2D eigenvalue weighted by molar-refractivity contribution is 5.75. The Morgan fingerprint density at radius 2 is 2.36 bits per heavy atom. The minimum Gasteiger partial charge on any atom is -0.399 e. The SMILES string of the molecule is C=C(C)N=C/C(=C\N)[N+](=O)[O-]. The van der Waals surface area contributed by atoms with Crippen molar-refractivity contribution < 1.29 is 4.92 Å². The summed E-state index contributed by atoms with van der Waals surface area (Å²) in [4.78, 5) is 13.1. The summed E-state index contributed by atoms with van der Waals surface area (Å²) < 4.78 is 0. The molecule has 11 heavy (non-hydrogen) atoms. The molecule has 0 aromatic heterocycles. The van der Waals surface area contributed by atoms with E-state index in [1.54, 1.807) is 6.92 Å². The lowest BCUT2D eigenvalue weighted by Gasteiger charge is -1.87. The van der Waals surface area contributed by atoms with E-state index >= 15 is 0 Å². The number of nitro groups is 1. The largest absolute Gasteiger partial charge is 0.399 e. The quantitative estimate of drug-likeness (QED) is 0.369. The number of allylic oxidation sites excluding steroid dienone is 2. The predicted octanol–water partition coefficient (Wildman–Crippen LogP) is 0.668. The molecule has 60 valence electrons. The lowest BCUT2D eigenvalue weighted by molar-refractivity contribution is -0.414. The first-order valence-electron chi connectivity index (χ1n) is 2.83. The van der Waals surface area contributed by atoms with E-state index in [9.17, 15) is 10.1 Å². The first-order chi connectivity index (χ1) is 5.07. The Balaban J connectivity index is 4.34. The molecule has 5 nitrogen and oxygen atoms in total. The van der Waals surface area contributed by atoms with E-state index in [-0.39, 0.29) is 5.70 Å². The van der Waals surface area contributed by atoms with Gasteiger partial charge in [0.05, 0.1) is 11.1 Å². The molecule has 0 heterocycles. The summed E-state index contributed by atoms with van der Waals surface area (Å²) >= 11 is 0. The number of hydrogen-bond donors (Lipinski definition) is 1. The minimum absolute atomic E-state index is 0.243. The van der Waals surface area contributed by atoms with E-state index in [1.807, 2.05) is 0 Å². The van der Waals surface area contributed by atoms with Crippen LogP contribution in [-0.2, 0) is 0 Å². The maximum atomic E-state index is 10.1. The van der Waals surface area contributed by atoms with Gasteiger partial charge in [-0.25, -0.2) is 0 Å². The zero-order valence-corrected chi connectivity index (χ0v) is 6.15. The summed E-state index contributed by atoms with van der Waals surface area (Å²) in [7, 11) is 0. The summed E-state index contributed by atoms with van der Waals surface area (Å²) in [6, 6.07) is 0. The molecule has 5 heteroatoms. The molecule has 0 bridgehead atoms. The molecule has 0 fully saturated rings. The van der Waals surface area contributed by atoms with Crippen LogP contribution in [0.1, 0.15) is 6.92 Å². The second-order valence-electron chi connectivity index (χ2n) is 1.84. The molecule has 0 aromatic carbocycles. The van der Waals surface area contributed by atoms with Gasteiger partial charge >= 0.3 is 5.70 Å². The lowest BCUT2D eigenvalue weighted by Crippen LogP contribution is -2.02. The molecule has 0 spiro atoms. The maximum Gasteiger partial charge on any atom is 0.302 e. The van der Waals surface area contributed by atoms with Crippen molar-refractivity contribution in [1.29, 1.82) is 0 Å². The molecule has 0 aliphatic heterocycles. The summed E-state index contributed by atoms with van der Waals surface area (Å²) in [5.41, 5.74) is 5.18. The Bertz CT molecular complexity index is 230. The van der Waals surface area contributed by atoms with Gasteiger partial charge in [0, 0.05) is 5.70 Å². The number of hydrogen-bond acceptors (Lipinski definition) is 4. The molecular weight excluding hydrogens is 146 g/mol. The number of rotatable bonds is 3. The summed E-state index contributed by atoms with van der Waals surface area (Å²) in [5, 5.41) is 10.1. The van der Waals surface area contributed by atoms with E-state index in [0.717, 1.165) is 12.4 Å². The summed E-state index contributed by atoms with van der Waals surface area (Å²) in [6.45, 7) is 5.06. The van der Waals surface area contributed by atoms with Gasteiger partial charge in [0.2, 0.25) is 0 Å². The molecule has 0 unspecified atom stereocenters. The fraction of sp³-hybridized carbons (Fsp3) is 0.167. The van der Waals surface area contributed by atoms with Crippen LogP contribution < -0.4 is 5.73 Å². The summed E-state index contributed by atoms with van der Waals surface area (Å²) in [6.07, 6.45) is 1.94. The highest BCUT2D eigenvalue weighted by Gasteiger charge is 2.03. The molecule has 0 amide bonds. The maximum absolute atomic E-state index is 10.1. The van der Waals surface area contributed by atoms with Crippen LogP contribution in [0.2, 0.25) is 0 Å². The van der Waals surface area contributed by atoms with Gasteiger partial charge in [-0.05, 0) is 6.92 Å². The van der Waals surface area contributed by atoms with E-state index < -0.39 is 4.92 Å². The smallest absolute Gasteiger partial charge is 0.302 e. The molecule has 0 saturated heterocycles. The van der Waals surface area contributed by atoms with E-state index in [1.165, 1.54) is 0 Å². The zero-order valence-electron chi connectivity index (χ0n) is 6.15. The van der Waals surface area contributed by atoms with Gasteiger partial charge in [-0.15, -0.1) is 0 Å². The number of aliphatic imine (C=N–C) groups is 1. The standard InChI is InChI=1S/C6H9N3O2/c1-5(2)8-4-6(3-7)9(10)11/h3-4H,1,7H2,2H3/b6-3+,8-4?. The van der Waals surface area contributed by atoms with Gasteiger partial charge < -0.3 is 5.73 Å². The third-order valence-corrected chi connectivity index (χ3v) is 0.799. The van der Waals surface area contributed by atoms with Gasteiger partial charge in [-0.3, -0.25) is 15.1 Å². The van der Waals surface area contributed by atoms with Crippen LogP contribution in [0.3, 0.4) is 0 Å². The van der Waals surface area contributed by atoms with Crippen LogP contribution in [-0.4, -0.2) is 11.1 Å². The van der Waals surface area contributed by atoms with Crippen LogP contribution >= 0.6 is 0 Å². The highest BCUT2D eigenvalue weighted by Crippen LogP contribution is 1.92. The fourth-order valence-corrected chi connectivity index (χ4v) is 0.327. The Labute approximate surface area is 64.1 Å². The second-order valence-corrected chi connectivity index (χ2v) is 1.84. The Morgan fingerprint density at radius 1 is 1.82 bits per heavy atom. The molecule has 2 N–H and O–H groups in total. The van der Waals surface area contributed by atoms with Crippen molar-refractivity contribution in [3.63, 3.8) is 0 Å². The van der Waals surface area contributed by atoms with Gasteiger partial charge in [0.1, 0.15) is 6.21 Å². The molecule has 0 aromatic rings. The second kappa shape index (κ2) is 4.21. The number of nitrogens with zero attached hydrogens (tertiary/aromatic N) is 2. The lowest BCUT2D eigenvalue weighted by atomic mass is 10.5. The van der Waals surface area contributed by atoms with Gasteiger partial charge in [0.25, 0.3) is 0 Å². The van der Waals surface area contributed by atoms with Crippen LogP contribution in [0.15, 0.2) is 29.2 Å². The van der Waals surface area contributed by atoms with E-state index in [2.05, 4.69) is 11.6 Å². The molecule has 0 radical (unpaired) electrons. The van der Waals surface area contributed by atoms with E-state index in [4.69, 9.17) is 5.73 Å². The van der Waals surface area contributed by atoms with Gasteiger partial charge in [0.15, 0.2) is 0 Å². The normalized spacial score (nSPS) is 11.9. The van der Waals surface area contributed by atoms with Crippen LogP contribution in [0, 0.1) is 10.1 Å².